The molecule has 0 bridgehead atoms. The van der Waals surface area contributed by atoms with E-state index in [1.165, 1.54) is 11.8 Å². The number of hydrogen-bond donors (Lipinski definition) is 1. The molecule has 23 heavy (non-hydrogen) atoms. The number of hydrogen-bond acceptors (Lipinski definition) is 4. The summed E-state index contributed by atoms with van der Waals surface area (Å²) < 4.78 is 33.8. The van der Waals surface area contributed by atoms with Crippen molar-refractivity contribution in [1.82, 2.24) is 0 Å². The lowest BCUT2D eigenvalue weighted by molar-refractivity contribution is 0.410. The van der Waals surface area contributed by atoms with Gasteiger partial charge in [0.25, 0.3) is 10.0 Å². The summed E-state index contributed by atoms with van der Waals surface area (Å²) in [5, 5.41) is 0. The maximum atomic E-state index is 12.9. The fourth-order valence-electron chi connectivity index (χ4n) is 2.57. The quantitative estimate of drug-likeness (QED) is 0.823. The number of anilines is 1. The molecule has 0 saturated carbocycles. The lowest BCUT2D eigenvalue weighted by Gasteiger charge is -2.18. The highest BCUT2D eigenvalue weighted by atomic mass is 32.2. The van der Waals surface area contributed by atoms with Crippen LogP contribution in [0, 0.1) is 20.8 Å². The van der Waals surface area contributed by atoms with Gasteiger partial charge in [-0.05, 0) is 61.9 Å². The van der Waals surface area contributed by atoms with E-state index in [1.807, 2.05) is 31.4 Å². The van der Waals surface area contributed by atoms with Crippen molar-refractivity contribution in [3.05, 3.63) is 47.0 Å². The van der Waals surface area contributed by atoms with E-state index in [-0.39, 0.29) is 0 Å². The monoisotopic (exact) mass is 351 g/mol. The minimum atomic E-state index is -3.67. The van der Waals surface area contributed by atoms with Gasteiger partial charge in [-0.25, -0.2) is 8.42 Å². The van der Waals surface area contributed by atoms with E-state index in [0.29, 0.717) is 27.5 Å². The van der Waals surface area contributed by atoms with E-state index < -0.39 is 10.0 Å². The van der Waals surface area contributed by atoms with E-state index in [9.17, 15) is 8.42 Å². The number of rotatable bonds is 5. The number of nitrogens with one attached hydrogen (secondary N) is 1. The van der Waals surface area contributed by atoms with Crippen LogP contribution in [0.3, 0.4) is 0 Å². The third-order valence-corrected chi connectivity index (χ3v) is 6.27. The average Bonchev–Trinajstić information content (AvgIpc) is 2.50. The number of benzene rings is 2. The Morgan fingerprint density at radius 3 is 2.35 bits per heavy atom. The summed E-state index contributed by atoms with van der Waals surface area (Å²) >= 11 is 1.50. The molecule has 0 aliphatic carbocycles. The van der Waals surface area contributed by atoms with Crippen LogP contribution in [0.2, 0.25) is 0 Å². The summed E-state index contributed by atoms with van der Waals surface area (Å²) in [5.74, 6) is 0.698. The van der Waals surface area contributed by atoms with Gasteiger partial charge in [0.1, 0.15) is 5.75 Å². The van der Waals surface area contributed by atoms with E-state index >= 15 is 0 Å². The van der Waals surface area contributed by atoms with Crippen LogP contribution in [0.5, 0.6) is 5.75 Å². The third-order valence-electron chi connectivity index (χ3n) is 3.82. The van der Waals surface area contributed by atoms with Crippen molar-refractivity contribution < 1.29 is 13.2 Å². The van der Waals surface area contributed by atoms with Crippen LogP contribution in [0.25, 0.3) is 0 Å². The standard InChI is InChI=1S/C17H21NO3S2/c1-11-10-15(21-4)12(2)13(3)17(11)23(19,20)18-14-8-6-7-9-16(14)22-5/h6-10,18H,1-5H3. The van der Waals surface area contributed by atoms with Crippen LogP contribution in [-0.4, -0.2) is 21.8 Å². The second-order valence-electron chi connectivity index (χ2n) is 5.28. The first-order chi connectivity index (χ1) is 10.8. The molecule has 6 heteroatoms. The molecule has 0 fully saturated rings. The highest BCUT2D eigenvalue weighted by molar-refractivity contribution is 7.99. The zero-order chi connectivity index (χ0) is 17.2. The zero-order valence-electron chi connectivity index (χ0n) is 13.9. The number of thioether (sulfide) groups is 1. The van der Waals surface area contributed by atoms with Gasteiger partial charge in [0.2, 0.25) is 0 Å². The largest absolute Gasteiger partial charge is 0.496 e. The van der Waals surface area contributed by atoms with Crippen molar-refractivity contribution in [3.8, 4) is 5.75 Å². The Bertz CT molecular complexity index is 830. The Balaban J connectivity index is 2.55. The lowest BCUT2D eigenvalue weighted by atomic mass is 10.1. The van der Waals surface area contributed by atoms with E-state index in [0.717, 1.165) is 10.5 Å². The zero-order valence-corrected chi connectivity index (χ0v) is 15.6. The summed E-state index contributed by atoms with van der Waals surface area (Å²) in [6.45, 7) is 5.45. The Hall–Kier alpha value is -1.66. The van der Waals surface area contributed by atoms with Crippen molar-refractivity contribution >= 4 is 27.5 Å². The second kappa shape index (κ2) is 6.84. The molecule has 0 aliphatic rings. The second-order valence-corrected chi connectivity index (χ2v) is 7.75. The fourth-order valence-corrected chi connectivity index (χ4v) is 4.80. The van der Waals surface area contributed by atoms with Gasteiger partial charge in [-0.15, -0.1) is 11.8 Å². The molecule has 2 aromatic carbocycles. The molecule has 4 nitrogen and oxygen atoms in total. The van der Waals surface area contributed by atoms with Crippen molar-refractivity contribution in [2.45, 2.75) is 30.6 Å². The van der Waals surface area contributed by atoms with Crippen LogP contribution in [0.1, 0.15) is 16.7 Å². The van der Waals surface area contributed by atoms with Gasteiger partial charge in [-0.2, -0.15) is 0 Å². The van der Waals surface area contributed by atoms with Gasteiger partial charge < -0.3 is 4.74 Å². The summed E-state index contributed by atoms with van der Waals surface area (Å²) in [5.41, 5.74) is 2.79. The fraction of sp³-hybridized carbons (Fsp3) is 0.294. The van der Waals surface area contributed by atoms with E-state index in [2.05, 4.69) is 4.72 Å². The molecule has 1 N–H and O–H groups in total. The maximum Gasteiger partial charge on any atom is 0.262 e. The molecule has 0 saturated heterocycles. The number of sulfonamides is 1. The molecule has 0 unspecified atom stereocenters. The van der Waals surface area contributed by atoms with Crippen LogP contribution in [0.4, 0.5) is 5.69 Å². The van der Waals surface area contributed by atoms with Gasteiger partial charge in [-0.3, -0.25) is 4.72 Å². The first-order valence-corrected chi connectivity index (χ1v) is 9.83. The molecule has 0 radical (unpaired) electrons. The average molecular weight is 351 g/mol. The molecule has 2 rings (SSSR count). The van der Waals surface area contributed by atoms with E-state index in [1.54, 1.807) is 33.1 Å². The van der Waals surface area contributed by atoms with Crippen molar-refractivity contribution in [2.24, 2.45) is 0 Å². The molecule has 0 heterocycles. The molecular formula is C17H21NO3S2. The van der Waals surface area contributed by atoms with Gasteiger partial charge in [0.05, 0.1) is 17.7 Å². The van der Waals surface area contributed by atoms with Gasteiger partial charge in [0, 0.05) is 4.90 Å². The van der Waals surface area contributed by atoms with Crippen LogP contribution >= 0.6 is 11.8 Å². The number of para-hydroxylation sites is 1. The normalized spacial score (nSPS) is 11.3. The SMILES string of the molecule is COc1cc(C)c(S(=O)(=O)Nc2ccccc2SC)c(C)c1C. The highest BCUT2D eigenvalue weighted by Gasteiger charge is 2.23. The topological polar surface area (TPSA) is 55.4 Å². The summed E-state index contributed by atoms with van der Waals surface area (Å²) in [7, 11) is -2.09. The molecular weight excluding hydrogens is 330 g/mol. The first-order valence-electron chi connectivity index (χ1n) is 7.12. The Morgan fingerprint density at radius 2 is 1.74 bits per heavy atom. The summed E-state index contributed by atoms with van der Waals surface area (Å²) in [6.07, 6.45) is 1.92. The smallest absolute Gasteiger partial charge is 0.262 e. The number of ether oxygens (including phenoxy) is 1. The first kappa shape index (κ1) is 17.7. The Morgan fingerprint density at radius 1 is 1.09 bits per heavy atom. The number of methoxy groups -OCH3 is 1. The van der Waals surface area contributed by atoms with Crippen molar-refractivity contribution in [1.29, 1.82) is 0 Å². The Labute approximate surface area is 142 Å². The maximum absolute atomic E-state index is 12.9. The molecule has 0 amide bonds. The van der Waals surface area contributed by atoms with Crippen LogP contribution in [0.15, 0.2) is 40.1 Å². The van der Waals surface area contributed by atoms with Crippen LogP contribution < -0.4 is 9.46 Å². The molecule has 2 aromatic rings. The predicted octanol–water partition coefficient (Wildman–Crippen LogP) is 4.14. The molecule has 0 aliphatic heterocycles. The Kier molecular flexibility index (Phi) is 5.26. The highest BCUT2D eigenvalue weighted by Crippen LogP contribution is 2.33. The van der Waals surface area contributed by atoms with E-state index in [4.69, 9.17) is 4.74 Å². The predicted molar refractivity (Wildman–Crippen MR) is 96.2 cm³/mol. The minimum Gasteiger partial charge on any atom is -0.496 e. The summed E-state index contributed by atoms with van der Waals surface area (Å²) in [6, 6.07) is 9.12. The van der Waals surface area contributed by atoms with Gasteiger partial charge in [-0.1, -0.05) is 12.1 Å². The molecule has 124 valence electrons. The molecule has 0 aromatic heterocycles. The molecule has 0 spiro atoms. The molecule has 0 atom stereocenters. The van der Waals surface area contributed by atoms with Gasteiger partial charge >= 0.3 is 0 Å². The van der Waals surface area contributed by atoms with Crippen molar-refractivity contribution in [3.63, 3.8) is 0 Å². The minimum absolute atomic E-state index is 0.312. The van der Waals surface area contributed by atoms with Gasteiger partial charge in [0.15, 0.2) is 0 Å². The number of aryl methyl sites for hydroxylation is 1. The third kappa shape index (κ3) is 3.48. The van der Waals surface area contributed by atoms with Crippen molar-refractivity contribution in [2.75, 3.05) is 18.1 Å². The lowest BCUT2D eigenvalue weighted by Crippen LogP contribution is -2.17. The van der Waals surface area contributed by atoms with Crippen LogP contribution in [-0.2, 0) is 10.0 Å². The summed E-state index contributed by atoms with van der Waals surface area (Å²) in [4.78, 5) is 1.20.